The molecule has 0 unspecified atom stereocenters. The Kier molecular flexibility index (Phi) is 4.77. The summed E-state index contributed by atoms with van der Waals surface area (Å²) in [5.74, 6) is -0.200. The van der Waals surface area contributed by atoms with E-state index in [4.69, 9.17) is 0 Å². The monoisotopic (exact) mass is 393 g/mol. The third kappa shape index (κ3) is 3.64. The topological polar surface area (TPSA) is 46.4 Å². The second kappa shape index (κ2) is 7.09. The van der Waals surface area contributed by atoms with E-state index in [-0.39, 0.29) is 17.5 Å². The van der Waals surface area contributed by atoms with Gasteiger partial charge in [-0.15, -0.1) is 11.3 Å². The van der Waals surface area contributed by atoms with Crippen LogP contribution >= 0.6 is 11.3 Å². The fourth-order valence-electron chi connectivity index (χ4n) is 3.87. The highest BCUT2D eigenvalue weighted by atomic mass is 32.1. The van der Waals surface area contributed by atoms with E-state index in [9.17, 15) is 18.0 Å². The van der Waals surface area contributed by atoms with Gasteiger partial charge in [0.05, 0.1) is 11.3 Å². The summed E-state index contributed by atoms with van der Waals surface area (Å²) in [5.41, 5.74) is 0.252. The zero-order valence-electron chi connectivity index (χ0n) is 14.4. The third-order valence-electron chi connectivity index (χ3n) is 5.08. The molecule has 2 atom stereocenters. The SMILES string of the molecule is O=c1cc(CN[C@H]2CCC[C@H]2c2ccccc2C(F)(F)F)nc2sccn12. The van der Waals surface area contributed by atoms with Gasteiger partial charge in [0.2, 0.25) is 0 Å². The number of fused-ring (bicyclic) bond motifs is 1. The van der Waals surface area contributed by atoms with E-state index in [2.05, 4.69) is 10.3 Å². The van der Waals surface area contributed by atoms with Gasteiger partial charge in [-0.1, -0.05) is 24.6 Å². The number of nitrogens with zero attached hydrogens (tertiary/aromatic N) is 2. The number of nitrogens with one attached hydrogen (secondary N) is 1. The summed E-state index contributed by atoms with van der Waals surface area (Å²) in [6.45, 7) is 0.360. The van der Waals surface area contributed by atoms with Crippen LogP contribution in [0.25, 0.3) is 4.96 Å². The molecule has 0 spiro atoms. The first kappa shape index (κ1) is 18.2. The first-order valence-electron chi connectivity index (χ1n) is 8.79. The maximum Gasteiger partial charge on any atom is 0.416 e. The van der Waals surface area contributed by atoms with Crippen molar-refractivity contribution in [2.45, 2.75) is 43.9 Å². The van der Waals surface area contributed by atoms with E-state index in [1.165, 1.54) is 27.9 Å². The van der Waals surface area contributed by atoms with Crippen molar-refractivity contribution in [3.63, 3.8) is 0 Å². The number of benzene rings is 1. The lowest BCUT2D eigenvalue weighted by molar-refractivity contribution is -0.138. The van der Waals surface area contributed by atoms with Crippen LogP contribution in [0.4, 0.5) is 13.2 Å². The summed E-state index contributed by atoms with van der Waals surface area (Å²) in [4.78, 5) is 17.1. The maximum absolute atomic E-state index is 13.4. The summed E-state index contributed by atoms with van der Waals surface area (Å²) < 4.78 is 41.6. The molecule has 1 aromatic carbocycles. The predicted molar refractivity (Wildman–Crippen MR) is 98.0 cm³/mol. The highest BCUT2D eigenvalue weighted by Crippen LogP contribution is 2.41. The Balaban J connectivity index is 1.55. The molecular weight excluding hydrogens is 375 g/mol. The van der Waals surface area contributed by atoms with Gasteiger partial charge < -0.3 is 5.32 Å². The normalized spacial score (nSPS) is 20.4. The van der Waals surface area contributed by atoms with Gasteiger partial charge in [0.25, 0.3) is 5.56 Å². The molecule has 142 valence electrons. The Hall–Kier alpha value is -2.19. The fraction of sp³-hybridized carbons (Fsp3) is 0.368. The lowest BCUT2D eigenvalue weighted by Gasteiger charge is -2.24. The van der Waals surface area contributed by atoms with Crippen LogP contribution in [0.2, 0.25) is 0 Å². The number of halogens is 3. The van der Waals surface area contributed by atoms with E-state index in [0.717, 1.165) is 18.9 Å². The molecule has 8 heteroatoms. The van der Waals surface area contributed by atoms with Crippen molar-refractivity contribution in [3.05, 3.63) is 69.1 Å². The van der Waals surface area contributed by atoms with Gasteiger partial charge in [0, 0.05) is 30.2 Å². The minimum absolute atomic E-state index is 0.0721. The molecule has 3 aromatic rings. The molecule has 4 nitrogen and oxygen atoms in total. The summed E-state index contributed by atoms with van der Waals surface area (Å²) in [5, 5.41) is 5.13. The highest BCUT2D eigenvalue weighted by Gasteiger charge is 2.38. The molecule has 1 aliphatic carbocycles. The van der Waals surface area contributed by atoms with Crippen LogP contribution in [0.15, 0.2) is 46.7 Å². The second-order valence-corrected chi connectivity index (χ2v) is 7.62. The zero-order chi connectivity index (χ0) is 19.0. The average Bonchev–Trinajstić information content (AvgIpc) is 3.28. The second-order valence-electron chi connectivity index (χ2n) is 6.75. The van der Waals surface area contributed by atoms with Crippen molar-refractivity contribution in [3.8, 4) is 0 Å². The lowest BCUT2D eigenvalue weighted by atomic mass is 9.89. The van der Waals surface area contributed by atoms with Crippen LogP contribution < -0.4 is 10.9 Å². The molecular formula is C19H18F3N3OS. The molecule has 1 saturated carbocycles. The van der Waals surface area contributed by atoms with Crippen molar-refractivity contribution in [1.29, 1.82) is 0 Å². The molecule has 0 bridgehead atoms. The fourth-order valence-corrected chi connectivity index (χ4v) is 4.61. The average molecular weight is 393 g/mol. The largest absolute Gasteiger partial charge is 0.416 e. The van der Waals surface area contributed by atoms with Gasteiger partial charge in [-0.3, -0.25) is 9.20 Å². The van der Waals surface area contributed by atoms with E-state index in [1.807, 2.05) is 0 Å². The molecule has 2 aromatic heterocycles. The molecule has 4 rings (SSSR count). The number of thiazole rings is 1. The molecule has 1 N–H and O–H groups in total. The van der Waals surface area contributed by atoms with Crippen molar-refractivity contribution in [2.75, 3.05) is 0 Å². The van der Waals surface area contributed by atoms with E-state index in [0.29, 0.717) is 29.2 Å². The summed E-state index contributed by atoms with van der Waals surface area (Å²) in [6, 6.07) is 7.22. The van der Waals surface area contributed by atoms with Crippen molar-refractivity contribution in [2.24, 2.45) is 0 Å². The number of rotatable bonds is 4. The summed E-state index contributed by atoms with van der Waals surface area (Å²) >= 11 is 1.37. The lowest BCUT2D eigenvalue weighted by Crippen LogP contribution is -2.32. The number of hydrogen-bond acceptors (Lipinski definition) is 4. The van der Waals surface area contributed by atoms with E-state index < -0.39 is 11.7 Å². The maximum atomic E-state index is 13.4. The molecule has 1 fully saturated rings. The van der Waals surface area contributed by atoms with Crippen LogP contribution in [-0.4, -0.2) is 15.4 Å². The Morgan fingerprint density at radius 3 is 2.89 bits per heavy atom. The highest BCUT2D eigenvalue weighted by molar-refractivity contribution is 7.15. The van der Waals surface area contributed by atoms with Gasteiger partial charge in [-0.05, 0) is 30.4 Å². The van der Waals surface area contributed by atoms with Gasteiger partial charge >= 0.3 is 6.18 Å². The Bertz CT molecular complexity index is 1010. The first-order chi connectivity index (χ1) is 12.9. The van der Waals surface area contributed by atoms with Crippen molar-refractivity contribution < 1.29 is 13.2 Å². The minimum atomic E-state index is -4.36. The van der Waals surface area contributed by atoms with Crippen LogP contribution in [0, 0.1) is 0 Å². The number of aromatic nitrogens is 2. The molecule has 0 aliphatic heterocycles. The zero-order valence-corrected chi connectivity index (χ0v) is 15.2. The number of hydrogen-bond donors (Lipinski definition) is 1. The Morgan fingerprint density at radius 1 is 1.26 bits per heavy atom. The van der Waals surface area contributed by atoms with E-state index in [1.54, 1.807) is 23.7 Å². The molecule has 1 aliphatic rings. The van der Waals surface area contributed by atoms with Crippen LogP contribution in [0.1, 0.15) is 42.0 Å². The molecule has 27 heavy (non-hydrogen) atoms. The van der Waals surface area contributed by atoms with Gasteiger partial charge in [0.1, 0.15) is 0 Å². The van der Waals surface area contributed by atoms with Crippen LogP contribution in [0.3, 0.4) is 0 Å². The van der Waals surface area contributed by atoms with Crippen LogP contribution in [-0.2, 0) is 12.7 Å². The molecule has 0 saturated heterocycles. The predicted octanol–water partition coefficient (Wildman–Crippen LogP) is 4.20. The summed E-state index contributed by atoms with van der Waals surface area (Å²) in [7, 11) is 0. The van der Waals surface area contributed by atoms with Gasteiger partial charge in [0.15, 0.2) is 4.96 Å². The van der Waals surface area contributed by atoms with E-state index >= 15 is 0 Å². The van der Waals surface area contributed by atoms with Crippen molar-refractivity contribution >= 4 is 16.3 Å². The minimum Gasteiger partial charge on any atom is -0.308 e. The Morgan fingerprint density at radius 2 is 2.07 bits per heavy atom. The molecule has 0 amide bonds. The van der Waals surface area contributed by atoms with Crippen molar-refractivity contribution in [1.82, 2.24) is 14.7 Å². The summed E-state index contributed by atoms with van der Waals surface area (Å²) in [6.07, 6.45) is -0.297. The number of alkyl halides is 3. The standard InChI is InChI=1S/C19H18F3N3OS/c20-19(21,22)15-6-2-1-4-13(15)14-5-3-7-16(14)23-11-12-10-17(26)25-8-9-27-18(25)24-12/h1-2,4,6,8-10,14,16,23H,3,5,7,11H2/t14-,16-/m0/s1. The van der Waals surface area contributed by atoms with Crippen LogP contribution in [0.5, 0.6) is 0 Å². The molecule has 0 radical (unpaired) electrons. The Labute approximate surface area is 157 Å². The third-order valence-corrected chi connectivity index (χ3v) is 5.84. The first-order valence-corrected chi connectivity index (χ1v) is 9.67. The quantitative estimate of drug-likeness (QED) is 0.723. The van der Waals surface area contributed by atoms with Gasteiger partial charge in [-0.25, -0.2) is 4.98 Å². The smallest absolute Gasteiger partial charge is 0.308 e. The molecule has 2 heterocycles. The van der Waals surface area contributed by atoms with Gasteiger partial charge in [-0.2, -0.15) is 13.2 Å².